The number of benzene rings is 1. The Kier molecular flexibility index (Phi) is 5.41. The zero-order valence-corrected chi connectivity index (χ0v) is 12.1. The van der Waals surface area contributed by atoms with E-state index in [0.717, 1.165) is 19.3 Å². The van der Waals surface area contributed by atoms with Crippen molar-refractivity contribution in [1.29, 1.82) is 0 Å². The lowest BCUT2D eigenvalue weighted by atomic mass is 9.90. The molecule has 1 saturated heterocycles. The molecule has 0 aromatic heterocycles. The van der Waals surface area contributed by atoms with Crippen LogP contribution in [0.2, 0.25) is 0 Å². The minimum absolute atomic E-state index is 0.184. The molecule has 1 aliphatic rings. The van der Waals surface area contributed by atoms with Crippen LogP contribution in [0.4, 0.5) is 4.79 Å². The van der Waals surface area contributed by atoms with Gasteiger partial charge in [0.1, 0.15) is 5.88 Å². The van der Waals surface area contributed by atoms with E-state index in [0.29, 0.717) is 19.0 Å². The maximum absolute atomic E-state index is 11.8. The van der Waals surface area contributed by atoms with Crippen LogP contribution in [0.1, 0.15) is 18.4 Å². The Morgan fingerprint density at radius 1 is 1.20 bits per heavy atom. The van der Waals surface area contributed by atoms with E-state index in [4.69, 9.17) is 11.6 Å². The first-order chi connectivity index (χ1) is 9.69. The largest absolute Gasteiger partial charge is 0.324 e. The highest BCUT2D eigenvalue weighted by Crippen LogP contribution is 2.21. The predicted molar refractivity (Wildman–Crippen MR) is 78.7 cm³/mol. The molecule has 20 heavy (non-hydrogen) atoms. The molecule has 4 nitrogen and oxygen atoms in total. The van der Waals surface area contributed by atoms with E-state index in [1.165, 1.54) is 5.56 Å². The number of amides is 3. The number of nitrogens with one attached hydrogen (secondary N) is 1. The summed E-state index contributed by atoms with van der Waals surface area (Å²) in [6.07, 6.45) is 2.99. The van der Waals surface area contributed by atoms with Crippen LogP contribution >= 0.6 is 11.6 Å². The van der Waals surface area contributed by atoms with Gasteiger partial charge in [0, 0.05) is 13.1 Å². The quantitative estimate of drug-likeness (QED) is 0.871. The maximum Gasteiger partial charge on any atom is 0.324 e. The van der Waals surface area contributed by atoms with Crippen molar-refractivity contribution >= 4 is 23.5 Å². The van der Waals surface area contributed by atoms with Gasteiger partial charge in [-0.05, 0) is 30.7 Å². The molecule has 1 aromatic carbocycles. The Morgan fingerprint density at radius 3 is 2.45 bits per heavy atom. The molecule has 0 saturated carbocycles. The third-order valence-corrected chi connectivity index (χ3v) is 3.88. The van der Waals surface area contributed by atoms with Crippen molar-refractivity contribution in [3.05, 3.63) is 35.9 Å². The highest BCUT2D eigenvalue weighted by Gasteiger charge is 2.23. The molecule has 1 N–H and O–H groups in total. The molecule has 0 bridgehead atoms. The van der Waals surface area contributed by atoms with Crippen LogP contribution in [0.15, 0.2) is 30.3 Å². The zero-order chi connectivity index (χ0) is 14.4. The summed E-state index contributed by atoms with van der Waals surface area (Å²) in [6, 6.07) is 10.1. The Hall–Kier alpha value is -1.55. The molecular formula is C15H19ClN2O2. The zero-order valence-electron chi connectivity index (χ0n) is 11.3. The topological polar surface area (TPSA) is 49.4 Å². The van der Waals surface area contributed by atoms with Crippen molar-refractivity contribution < 1.29 is 9.59 Å². The Bertz CT molecular complexity index is 456. The van der Waals surface area contributed by atoms with Gasteiger partial charge in [-0.2, -0.15) is 0 Å². The number of likely N-dealkylation sites (tertiary alicyclic amines) is 1. The van der Waals surface area contributed by atoms with Crippen LogP contribution in [0.3, 0.4) is 0 Å². The van der Waals surface area contributed by atoms with Crippen molar-refractivity contribution in [3.8, 4) is 0 Å². The summed E-state index contributed by atoms with van der Waals surface area (Å²) in [5, 5.41) is 2.28. The van der Waals surface area contributed by atoms with E-state index >= 15 is 0 Å². The monoisotopic (exact) mass is 294 g/mol. The second-order valence-corrected chi connectivity index (χ2v) is 5.37. The maximum atomic E-state index is 11.8. The fourth-order valence-corrected chi connectivity index (χ4v) is 2.59. The number of imide groups is 1. The van der Waals surface area contributed by atoms with Gasteiger partial charge >= 0.3 is 6.03 Å². The summed E-state index contributed by atoms with van der Waals surface area (Å²) in [5.41, 5.74) is 1.34. The second-order valence-electron chi connectivity index (χ2n) is 5.11. The van der Waals surface area contributed by atoms with Crippen molar-refractivity contribution in [3.63, 3.8) is 0 Å². The normalized spacial score (nSPS) is 15.9. The number of hydrogen-bond acceptors (Lipinski definition) is 2. The lowest BCUT2D eigenvalue weighted by Gasteiger charge is -2.31. The van der Waals surface area contributed by atoms with Crippen molar-refractivity contribution in [2.45, 2.75) is 19.3 Å². The number of carbonyl (C=O) groups is 2. The van der Waals surface area contributed by atoms with E-state index in [-0.39, 0.29) is 11.9 Å². The van der Waals surface area contributed by atoms with Gasteiger partial charge in [0.05, 0.1) is 0 Å². The van der Waals surface area contributed by atoms with Gasteiger partial charge in [-0.1, -0.05) is 30.3 Å². The molecule has 5 heteroatoms. The van der Waals surface area contributed by atoms with Gasteiger partial charge in [0.25, 0.3) is 0 Å². The predicted octanol–water partition coefficient (Wildman–Crippen LogP) is 2.42. The molecule has 1 fully saturated rings. The molecule has 0 aliphatic carbocycles. The first kappa shape index (κ1) is 14.9. The minimum Gasteiger partial charge on any atom is -0.324 e. The van der Waals surface area contributed by atoms with Crippen molar-refractivity contribution in [2.75, 3.05) is 19.0 Å². The number of carbonyl (C=O) groups excluding carboxylic acids is 2. The van der Waals surface area contributed by atoms with Crippen molar-refractivity contribution in [2.24, 2.45) is 5.92 Å². The fourth-order valence-electron chi connectivity index (χ4n) is 2.52. The van der Waals surface area contributed by atoms with Crippen LogP contribution in [-0.2, 0) is 11.2 Å². The van der Waals surface area contributed by atoms with Gasteiger partial charge in [0.15, 0.2) is 0 Å². The molecule has 2 rings (SSSR count). The Balaban J connectivity index is 1.77. The average Bonchev–Trinajstić information content (AvgIpc) is 2.49. The minimum atomic E-state index is -0.442. The van der Waals surface area contributed by atoms with E-state index in [1.54, 1.807) is 4.90 Å². The Morgan fingerprint density at radius 2 is 1.85 bits per heavy atom. The van der Waals surface area contributed by atoms with Gasteiger partial charge in [0.2, 0.25) is 5.91 Å². The smallest absolute Gasteiger partial charge is 0.324 e. The summed E-state index contributed by atoms with van der Waals surface area (Å²) in [4.78, 5) is 24.5. The van der Waals surface area contributed by atoms with E-state index in [9.17, 15) is 9.59 Å². The molecule has 0 radical (unpaired) electrons. The SMILES string of the molecule is O=C(CCl)NC(=O)N1CCC(Cc2ccccc2)CC1. The number of hydrogen-bond donors (Lipinski definition) is 1. The molecule has 3 amide bonds. The highest BCUT2D eigenvalue weighted by molar-refractivity contribution is 6.28. The highest BCUT2D eigenvalue weighted by atomic mass is 35.5. The van der Waals surface area contributed by atoms with Gasteiger partial charge in [-0.15, -0.1) is 11.6 Å². The van der Waals surface area contributed by atoms with E-state index < -0.39 is 5.91 Å². The molecule has 1 heterocycles. The number of urea groups is 1. The molecule has 108 valence electrons. The molecule has 0 unspecified atom stereocenters. The lowest BCUT2D eigenvalue weighted by molar-refractivity contribution is -0.117. The third kappa shape index (κ3) is 4.23. The molecule has 1 aliphatic heterocycles. The summed E-state index contributed by atoms with van der Waals surface area (Å²) in [6.45, 7) is 1.39. The average molecular weight is 295 g/mol. The van der Waals surface area contributed by atoms with Gasteiger partial charge < -0.3 is 4.90 Å². The van der Waals surface area contributed by atoms with Crippen LogP contribution in [0.25, 0.3) is 0 Å². The number of nitrogens with zero attached hydrogens (tertiary/aromatic N) is 1. The summed E-state index contributed by atoms with van der Waals surface area (Å²) in [5.74, 6) is -0.0239. The number of halogens is 1. The number of rotatable bonds is 3. The molecular weight excluding hydrogens is 276 g/mol. The molecule has 0 atom stereocenters. The molecule has 0 spiro atoms. The summed E-state index contributed by atoms with van der Waals surface area (Å²) < 4.78 is 0. The van der Waals surface area contributed by atoms with Crippen LogP contribution in [0.5, 0.6) is 0 Å². The number of alkyl halides is 1. The second kappa shape index (κ2) is 7.29. The van der Waals surface area contributed by atoms with E-state index in [1.807, 2.05) is 6.07 Å². The summed E-state index contributed by atoms with van der Waals surface area (Å²) in [7, 11) is 0. The number of piperidine rings is 1. The molecule has 1 aromatic rings. The van der Waals surface area contributed by atoms with Crippen molar-refractivity contribution in [1.82, 2.24) is 10.2 Å². The van der Waals surface area contributed by atoms with Gasteiger partial charge in [-0.3, -0.25) is 10.1 Å². The van der Waals surface area contributed by atoms with E-state index in [2.05, 4.69) is 29.6 Å². The van der Waals surface area contributed by atoms with Gasteiger partial charge in [-0.25, -0.2) is 4.79 Å². The lowest BCUT2D eigenvalue weighted by Crippen LogP contribution is -2.47. The first-order valence-corrected chi connectivity index (χ1v) is 7.41. The Labute approximate surface area is 124 Å². The standard InChI is InChI=1S/C15H19ClN2O2/c16-11-14(19)17-15(20)18-8-6-13(7-9-18)10-12-4-2-1-3-5-12/h1-5,13H,6-11H2,(H,17,19,20). The first-order valence-electron chi connectivity index (χ1n) is 6.87. The van der Waals surface area contributed by atoms with Crippen LogP contribution in [0, 0.1) is 5.92 Å². The fraction of sp³-hybridized carbons (Fsp3) is 0.467. The van der Waals surface area contributed by atoms with Crippen LogP contribution in [-0.4, -0.2) is 35.8 Å². The van der Waals surface area contributed by atoms with Crippen LogP contribution < -0.4 is 5.32 Å². The summed E-state index contributed by atoms with van der Waals surface area (Å²) >= 11 is 5.37. The third-order valence-electron chi connectivity index (χ3n) is 3.64.